The van der Waals surface area contributed by atoms with Gasteiger partial charge in [0, 0.05) is 17.5 Å². The number of hydrogen-bond donors (Lipinski definition) is 0. The molecule has 0 N–H and O–H groups in total. The van der Waals surface area contributed by atoms with Crippen LogP contribution in [0.4, 0.5) is 4.39 Å². The van der Waals surface area contributed by atoms with Crippen molar-refractivity contribution in [3.63, 3.8) is 0 Å². The number of likely N-dealkylation sites (tertiary alicyclic amines) is 1. The summed E-state index contributed by atoms with van der Waals surface area (Å²) in [5.41, 5.74) is 2.05. The number of hydrogen-bond acceptors (Lipinski definition) is 5. The maximum Gasteiger partial charge on any atom is 0.275 e. The molecule has 1 saturated heterocycles. The lowest BCUT2D eigenvalue weighted by atomic mass is 10.2. The van der Waals surface area contributed by atoms with E-state index in [-0.39, 0.29) is 11.3 Å². The number of nitrogens with zero attached hydrogens (tertiary/aromatic N) is 3. The average Bonchev–Trinajstić information content (AvgIpc) is 3.33. The predicted octanol–water partition coefficient (Wildman–Crippen LogP) is 4.48. The fourth-order valence-corrected chi connectivity index (χ4v) is 4.62. The van der Waals surface area contributed by atoms with E-state index in [9.17, 15) is 9.18 Å². The van der Waals surface area contributed by atoms with Crippen LogP contribution in [0.3, 0.4) is 0 Å². The van der Waals surface area contributed by atoms with Crippen LogP contribution in [0.1, 0.15) is 31.6 Å². The van der Waals surface area contributed by atoms with Gasteiger partial charge in [0.1, 0.15) is 17.6 Å². The van der Waals surface area contributed by atoms with E-state index in [1.807, 2.05) is 26.0 Å². The number of aromatic nitrogens is 2. The standard InChI is InChI=1S/C22H24FN3O2S/c1-15(2)11-17-13-19-21(29-17)22(27)26(14-24-19)16-5-6-20(18(23)12-16)28-10-9-25-7-3-4-8-25/h5-6,11-14H,3-4,7-10H2,1-2H3. The molecule has 0 bridgehead atoms. The summed E-state index contributed by atoms with van der Waals surface area (Å²) in [5, 5.41) is 0. The van der Waals surface area contributed by atoms with Gasteiger partial charge in [-0.1, -0.05) is 5.57 Å². The molecule has 0 unspecified atom stereocenters. The van der Waals surface area contributed by atoms with Crippen molar-refractivity contribution in [2.24, 2.45) is 0 Å². The van der Waals surface area contributed by atoms with Crippen molar-refractivity contribution >= 4 is 27.6 Å². The fourth-order valence-electron chi connectivity index (χ4n) is 3.52. The fraction of sp³-hybridized carbons (Fsp3) is 0.364. The molecule has 3 heterocycles. The highest BCUT2D eigenvalue weighted by Gasteiger charge is 2.14. The zero-order chi connectivity index (χ0) is 20.4. The first-order valence-electron chi connectivity index (χ1n) is 9.82. The highest BCUT2D eigenvalue weighted by molar-refractivity contribution is 7.19. The molecule has 1 aromatic carbocycles. The van der Waals surface area contributed by atoms with E-state index in [0.29, 0.717) is 22.5 Å². The summed E-state index contributed by atoms with van der Waals surface area (Å²) >= 11 is 1.40. The number of benzene rings is 1. The molecule has 7 heteroatoms. The minimum Gasteiger partial charge on any atom is -0.489 e. The summed E-state index contributed by atoms with van der Waals surface area (Å²) in [7, 11) is 0. The zero-order valence-corrected chi connectivity index (χ0v) is 17.5. The van der Waals surface area contributed by atoms with Crippen LogP contribution in [0.5, 0.6) is 5.75 Å². The molecule has 0 radical (unpaired) electrons. The largest absolute Gasteiger partial charge is 0.489 e. The highest BCUT2D eigenvalue weighted by Crippen LogP contribution is 2.25. The molecule has 3 aromatic rings. The van der Waals surface area contributed by atoms with Gasteiger partial charge >= 0.3 is 0 Å². The van der Waals surface area contributed by atoms with Gasteiger partial charge in [0.2, 0.25) is 0 Å². The van der Waals surface area contributed by atoms with Gasteiger partial charge in [-0.25, -0.2) is 9.37 Å². The molecule has 4 rings (SSSR count). The first kappa shape index (κ1) is 19.8. The second kappa shape index (κ2) is 8.47. The van der Waals surface area contributed by atoms with E-state index in [2.05, 4.69) is 9.88 Å². The van der Waals surface area contributed by atoms with Crippen molar-refractivity contribution in [1.82, 2.24) is 14.5 Å². The van der Waals surface area contributed by atoms with Crippen LogP contribution < -0.4 is 10.3 Å². The van der Waals surface area contributed by atoms with E-state index >= 15 is 0 Å². The van der Waals surface area contributed by atoms with Gasteiger partial charge in [-0.05, 0) is 64.1 Å². The minimum atomic E-state index is -0.479. The van der Waals surface area contributed by atoms with E-state index in [0.717, 1.165) is 30.1 Å². The molecule has 5 nitrogen and oxygen atoms in total. The quantitative estimate of drug-likeness (QED) is 0.598. The number of fused-ring (bicyclic) bond motifs is 1. The van der Waals surface area contributed by atoms with E-state index in [1.165, 1.54) is 41.1 Å². The maximum absolute atomic E-state index is 14.5. The molecule has 152 valence electrons. The summed E-state index contributed by atoms with van der Waals surface area (Å²) < 4.78 is 22.1. The van der Waals surface area contributed by atoms with Crippen molar-refractivity contribution in [3.8, 4) is 11.4 Å². The maximum atomic E-state index is 14.5. The lowest BCUT2D eigenvalue weighted by Crippen LogP contribution is -2.25. The number of rotatable bonds is 6. The van der Waals surface area contributed by atoms with Crippen molar-refractivity contribution < 1.29 is 9.13 Å². The Hall–Kier alpha value is -2.51. The van der Waals surface area contributed by atoms with E-state index < -0.39 is 5.82 Å². The lowest BCUT2D eigenvalue weighted by Gasteiger charge is -2.15. The number of ether oxygens (including phenoxy) is 1. The van der Waals surface area contributed by atoms with Crippen LogP contribution >= 0.6 is 11.3 Å². The Bertz CT molecular complexity index is 1110. The first-order chi connectivity index (χ1) is 14.0. The summed E-state index contributed by atoms with van der Waals surface area (Å²) in [5.74, 6) is -0.274. The Balaban J connectivity index is 1.55. The molecule has 0 saturated carbocycles. The smallest absolute Gasteiger partial charge is 0.275 e. The summed E-state index contributed by atoms with van der Waals surface area (Å²) in [4.78, 5) is 20.6. The van der Waals surface area contributed by atoms with Crippen LogP contribution in [0, 0.1) is 5.82 Å². The van der Waals surface area contributed by atoms with Crippen molar-refractivity contribution in [1.29, 1.82) is 0 Å². The predicted molar refractivity (Wildman–Crippen MR) is 116 cm³/mol. The van der Waals surface area contributed by atoms with Crippen molar-refractivity contribution in [2.75, 3.05) is 26.2 Å². The highest BCUT2D eigenvalue weighted by atomic mass is 32.1. The minimum absolute atomic E-state index is 0.199. The Morgan fingerprint density at radius 2 is 2.07 bits per heavy atom. The van der Waals surface area contributed by atoms with Gasteiger partial charge in [-0.3, -0.25) is 14.3 Å². The molecule has 1 aliphatic rings. The third kappa shape index (κ3) is 4.41. The molecule has 0 amide bonds. The molecule has 1 fully saturated rings. The van der Waals surface area contributed by atoms with Crippen molar-refractivity contribution in [3.05, 3.63) is 57.2 Å². The van der Waals surface area contributed by atoms with Gasteiger partial charge < -0.3 is 4.74 Å². The van der Waals surface area contributed by atoms with Gasteiger partial charge in [-0.2, -0.15) is 0 Å². The van der Waals surface area contributed by atoms with Crippen LogP contribution in [0.15, 0.2) is 41.0 Å². The molecule has 0 atom stereocenters. The van der Waals surface area contributed by atoms with Crippen LogP contribution in [0.25, 0.3) is 22.0 Å². The molecule has 29 heavy (non-hydrogen) atoms. The third-order valence-electron chi connectivity index (χ3n) is 4.95. The summed E-state index contributed by atoms with van der Waals surface area (Å²) in [6.07, 6.45) is 5.91. The summed E-state index contributed by atoms with van der Waals surface area (Å²) in [6.45, 7) is 7.43. The lowest BCUT2D eigenvalue weighted by molar-refractivity contribution is 0.231. The van der Waals surface area contributed by atoms with E-state index in [4.69, 9.17) is 4.74 Å². The molecule has 0 aliphatic carbocycles. The van der Waals surface area contributed by atoms with Crippen LogP contribution in [0.2, 0.25) is 0 Å². The first-order valence-corrected chi connectivity index (χ1v) is 10.6. The number of thiophene rings is 1. The number of halogens is 1. The van der Waals surface area contributed by atoms with Crippen molar-refractivity contribution in [2.45, 2.75) is 26.7 Å². The molecular weight excluding hydrogens is 389 g/mol. The third-order valence-corrected chi connectivity index (χ3v) is 6.00. The van der Waals surface area contributed by atoms with Gasteiger partial charge in [-0.15, -0.1) is 11.3 Å². The Kier molecular flexibility index (Phi) is 5.78. The topological polar surface area (TPSA) is 47.4 Å². The second-order valence-electron chi connectivity index (χ2n) is 7.52. The SMILES string of the molecule is CC(C)=Cc1cc2ncn(-c3ccc(OCCN4CCCC4)c(F)c3)c(=O)c2s1. The van der Waals surface area contributed by atoms with E-state index in [1.54, 1.807) is 12.1 Å². The van der Waals surface area contributed by atoms with Gasteiger partial charge in [0.15, 0.2) is 11.6 Å². The Labute approximate surface area is 173 Å². The Morgan fingerprint density at radius 1 is 1.28 bits per heavy atom. The summed E-state index contributed by atoms with van der Waals surface area (Å²) in [6, 6.07) is 6.49. The normalized spacial score (nSPS) is 14.4. The molecule has 0 spiro atoms. The molecule has 2 aromatic heterocycles. The molecule has 1 aliphatic heterocycles. The number of allylic oxidation sites excluding steroid dienone is 1. The Morgan fingerprint density at radius 3 is 2.79 bits per heavy atom. The molecular formula is C22H24FN3O2S. The second-order valence-corrected chi connectivity index (χ2v) is 8.60. The van der Waals surface area contributed by atoms with Gasteiger partial charge in [0.25, 0.3) is 5.56 Å². The zero-order valence-electron chi connectivity index (χ0n) is 16.7. The van der Waals surface area contributed by atoms with Crippen LogP contribution in [-0.4, -0.2) is 40.7 Å². The van der Waals surface area contributed by atoms with Crippen LogP contribution in [-0.2, 0) is 0 Å². The monoisotopic (exact) mass is 413 g/mol. The average molecular weight is 414 g/mol. The van der Waals surface area contributed by atoms with Gasteiger partial charge in [0.05, 0.1) is 11.2 Å².